The lowest BCUT2D eigenvalue weighted by molar-refractivity contribution is -0.134. The van der Waals surface area contributed by atoms with Crippen molar-refractivity contribution in [1.82, 2.24) is 10.2 Å². The van der Waals surface area contributed by atoms with Gasteiger partial charge in [0.25, 0.3) is 5.91 Å². The third-order valence-electron chi connectivity index (χ3n) is 5.41. The van der Waals surface area contributed by atoms with Gasteiger partial charge in [0.15, 0.2) is 5.25 Å². The number of hydrogen-bond acceptors (Lipinski definition) is 4. The zero-order valence-corrected chi connectivity index (χ0v) is 17.8. The van der Waals surface area contributed by atoms with Gasteiger partial charge in [-0.15, -0.1) is 11.8 Å². The second kappa shape index (κ2) is 8.92. The van der Waals surface area contributed by atoms with Crippen molar-refractivity contribution in [3.8, 4) is 0 Å². The Balaban J connectivity index is 1.49. The highest BCUT2D eigenvalue weighted by molar-refractivity contribution is 8.01. The molecular formula is C23H25N3O3S. The maximum Gasteiger partial charge on any atom is 0.250 e. The number of benzene rings is 2. The largest absolute Gasteiger partial charge is 0.350 e. The van der Waals surface area contributed by atoms with Crippen LogP contribution in [-0.2, 0) is 20.9 Å². The molecule has 6 nitrogen and oxygen atoms in total. The number of para-hydroxylation sites is 1. The first-order valence-corrected chi connectivity index (χ1v) is 11.1. The van der Waals surface area contributed by atoms with E-state index in [0.717, 1.165) is 28.9 Å². The normalized spacial score (nSPS) is 18.3. The van der Waals surface area contributed by atoms with E-state index in [2.05, 4.69) is 5.32 Å². The zero-order chi connectivity index (χ0) is 21.1. The lowest BCUT2D eigenvalue weighted by Gasteiger charge is -2.34. The van der Waals surface area contributed by atoms with Gasteiger partial charge < -0.3 is 15.1 Å². The van der Waals surface area contributed by atoms with Crippen LogP contribution in [0, 0.1) is 6.92 Å². The van der Waals surface area contributed by atoms with Gasteiger partial charge in [0.2, 0.25) is 11.8 Å². The van der Waals surface area contributed by atoms with Crippen LogP contribution in [0.3, 0.4) is 0 Å². The molecule has 1 saturated heterocycles. The summed E-state index contributed by atoms with van der Waals surface area (Å²) >= 11 is 1.29. The Morgan fingerprint density at radius 2 is 1.87 bits per heavy atom. The van der Waals surface area contributed by atoms with E-state index in [4.69, 9.17) is 0 Å². The molecule has 3 amide bonds. The monoisotopic (exact) mass is 423 g/mol. The van der Waals surface area contributed by atoms with Gasteiger partial charge in [0, 0.05) is 24.5 Å². The smallest absolute Gasteiger partial charge is 0.250 e. The predicted molar refractivity (Wildman–Crippen MR) is 117 cm³/mol. The van der Waals surface area contributed by atoms with Gasteiger partial charge in [-0.2, -0.15) is 0 Å². The van der Waals surface area contributed by atoms with Gasteiger partial charge in [-0.25, -0.2) is 0 Å². The molecule has 4 rings (SSSR count). The van der Waals surface area contributed by atoms with E-state index in [1.54, 1.807) is 4.90 Å². The first-order valence-electron chi connectivity index (χ1n) is 10.2. The van der Waals surface area contributed by atoms with Crippen LogP contribution < -0.4 is 10.2 Å². The first kappa shape index (κ1) is 20.5. The Bertz CT molecular complexity index is 972. The van der Waals surface area contributed by atoms with Crippen molar-refractivity contribution in [1.29, 1.82) is 0 Å². The molecule has 0 spiro atoms. The van der Waals surface area contributed by atoms with E-state index in [0.29, 0.717) is 25.3 Å². The lowest BCUT2D eigenvalue weighted by Crippen LogP contribution is -2.51. The number of rotatable bonds is 5. The van der Waals surface area contributed by atoms with Crippen molar-refractivity contribution < 1.29 is 14.4 Å². The quantitative estimate of drug-likeness (QED) is 0.751. The van der Waals surface area contributed by atoms with Crippen LogP contribution >= 0.6 is 11.8 Å². The molecule has 2 aromatic carbocycles. The van der Waals surface area contributed by atoms with Crippen molar-refractivity contribution in [2.24, 2.45) is 0 Å². The second-order valence-corrected chi connectivity index (χ2v) is 8.84. The Kier molecular flexibility index (Phi) is 6.08. The zero-order valence-electron chi connectivity index (χ0n) is 17.0. The number of likely N-dealkylation sites (tertiary alicyclic amines) is 1. The minimum atomic E-state index is -0.831. The number of carbonyl (C=O) groups excluding carboxylic acids is 3. The Morgan fingerprint density at radius 1 is 1.10 bits per heavy atom. The van der Waals surface area contributed by atoms with Crippen LogP contribution in [0.4, 0.5) is 5.69 Å². The number of hydrogen-bond donors (Lipinski definition) is 1. The van der Waals surface area contributed by atoms with Crippen LogP contribution in [0.15, 0.2) is 53.4 Å². The molecule has 0 aliphatic carbocycles. The molecule has 1 fully saturated rings. The summed E-state index contributed by atoms with van der Waals surface area (Å²) in [5.41, 5.74) is 2.82. The summed E-state index contributed by atoms with van der Waals surface area (Å²) in [7, 11) is 0. The molecule has 0 bridgehead atoms. The van der Waals surface area contributed by atoms with Gasteiger partial charge in [0.1, 0.15) is 6.54 Å². The number of fused-ring (bicyclic) bond motifs is 1. The van der Waals surface area contributed by atoms with Gasteiger partial charge in [-0.3, -0.25) is 14.4 Å². The van der Waals surface area contributed by atoms with Crippen LogP contribution in [0.25, 0.3) is 0 Å². The SMILES string of the molecule is Cc1cccc(CNC(=O)CN2C(=O)C(C(=O)N3CCCC3)Sc3ccccc32)c1. The topological polar surface area (TPSA) is 69.7 Å². The molecular weight excluding hydrogens is 398 g/mol. The standard InChI is InChI=1S/C23H25N3O3S/c1-16-7-6-8-17(13-16)14-24-20(27)15-26-18-9-2-3-10-19(18)30-21(23(26)29)22(28)25-11-4-5-12-25/h2-3,6-10,13,21H,4-5,11-12,14-15H2,1H3,(H,24,27). The number of anilines is 1. The molecule has 2 aliphatic heterocycles. The molecule has 0 aromatic heterocycles. The molecule has 2 aliphatic rings. The summed E-state index contributed by atoms with van der Waals surface area (Å²) in [4.78, 5) is 42.9. The number of thioether (sulfide) groups is 1. The van der Waals surface area contributed by atoms with Crippen LogP contribution in [0.1, 0.15) is 24.0 Å². The third-order valence-corrected chi connectivity index (χ3v) is 6.65. The van der Waals surface area contributed by atoms with Crippen LogP contribution in [-0.4, -0.2) is 47.5 Å². The highest BCUT2D eigenvalue weighted by Gasteiger charge is 2.41. The first-order chi connectivity index (χ1) is 14.5. The number of nitrogens with zero attached hydrogens (tertiary/aromatic N) is 2. The number of aryl methyl sites for hydroxylation is 1. The van der Waals surface area contributed by atoms with Crippen molar-refractivity contribution in [2.75, 3.05) is 24.5 Å². The Morgan fingerprint density at radius 3 is 2.63 bits per heavy atom. The fourth-order valence-electron chi connectivity index (χ4n) is 3.86. The molecule has 156 valence electrons. The summed E-state index contributed by atoms with van der Waals surface area (Å²) < 4.78 is 0. The molecule has 7 heteroatoms. The fraction of sp³-hybridized carbons (Fsp3) is 0.348. The minimum absolute atomic E-state index is 0.105. The second-order valence-electron chi connectivity index (χ2n) is 7.69. The summed E-state index contributed by atoms with van der Waals surface area (Å²) in [5.74, 6) is -0.720. The minimum Gasteiger partial charge on any atom is -0.350 e. The van der Waals surface area contributed by atoms with E-state index < -0.39 is 5.25 Å². The van der Waals surface area contributed by atoms with E-state index in [1.165, 1.54) is 16.7 Å². The van der Waals surface area contributed by atoms with Crippen LogP contribution in [0.5, 0.6) is 0 Å². The average molecular weight is 424 g/mol. The fourth-order valence-corrected chi connectivity index (χ4v) is 5.05. The lowest BCUT2D eigenvalue weighted by atomic mass is 10.1. The molecule has 0 saturated carbocycles. The van der Waals surface area contributed by atoms with E-state index in [-0.39, 0.29) is 24.3 Å². The maximum atomic E-state index is 13.2. The Labute approximate surface area is 180 Å². The summed E-state index contributed by atoms with van der Waals surface area (Å²) in [6.45, 7) is 3.69. The summed E-state index contributed by atoms with van der Waals surface area (Å²) in [5, 5.41) is 2.06. The maximum absolute atomic E-state index is 13.2. The number of nitrogens with one attached hydrogen (secondary N) is 1. The Hall–Kier alpha value is -2.80. The highest BCUT2D eigenvalue weighted by Crippen LogP contribution is 2.39. The number of carbonyl (C=O) groups is 3. The molecule has 2 heterocycles. The van der Waals surface area contributed by atoms with Crippen molar-refractivity contribution >= 4 is 35.2 Å². The average Bonchev–Trinajstić information content (AvgIpc) is 3.28. The third kappa shape index (κ3) is 4.36. The molecule has 2 aromatic rings. The predicted octanol–water partition coefficient (Wildman–Crippen LogP) is 2.74. The van der Waals surface area contributed by atoms with E-state index in [9.17, 15) is 14.4 Å². The summed E-state index contributed by atoms with van der Waals surface area (Å²) in [6.07, 6.45) is 1.94. The van der Waals surface area contributed by atoms with Crippen molar-refractivity contribution in [2.45, 2.75) is 36.5 Å². The van der Waals surface area contributed by atoms with E-state index in [1.807, 2.05) is 55.5 Å². The van der Waals surface area contributed by atoms with E-state index >= 15 is 0 Å². The van der Waals surface area contributed by atoms with Gasteiger partial charge in [-0.1, -0.05) is 42.0 Å². The van der Waals surface area contributed by atoms with Gasteiger partial charge in [0.05, 0.1) is 5.69 Å². The molecule has 1 atom stereocenters. The van der Waals surface area contributed by atoms with Crippen LogP contribution in [0.2, 0.25) is 0 Å². The summed E-state index contributed by atoms with van der Waals surface area (Å²) in [6, 6.07) is 15.4. The van der Waals surface area contributed by atoms with Crippen molar-refractivity contribution in [3.63, 3.8) is 0 Å². The highest BCUT2D eigenvalue weighted by atomic mass is 32.2. The van der Waals surface area contributed by atoms with Gasteiger partial charge in [-0.05, 0) is 37.5 Å². The molecule has 1 N–H and O–H groups in total. The number of amides is 3. The molecule has 1 unspecified atom stereocenters. The molecule has 30 heavy (non-hydrogen) atoms. The molecule has 0 radical (unpaired) electrons. The van der Waals surface area contributed by atoms with Crippen molar-refractivity contribution in [3.05, 3.63) is 59.7 Å². The van der Waals surface area contributed by atoms with Gasteiger partial charge >= 0.3 is 0 Å².